The molecule has 2 unspecified atom stereocenters. The largest absolute Gasteiger partial charge is 0.495 e. The molecule has 2 aromatic carbocycles. The molecule has 2 N–H and O–H groups in total. The Hall–Kier alpha value is -2.51. The van der Waals surface area contributed by atoms with Crippen LogP contribution in [0, 0.1) is 5.92 Å². The summed E-state index contributed by atoms with van der Waals surface area (Å²) < 4.78 is 30.4. The SMILES string of the molecule is COc1ccccc1S(=O)(=O)C(C)(C(=O)O)C1CCc2c([nH]c3ccc(Cl)cc23)C1. The molecule has 6 nitrogen and oxygen atoms in total. The Balaban J connectivity index is 1.80. The molecular formula is C22H22ClNO5S. The quantitative estimate of drug-likeness (QED) is 0.609. The number of aromatic amines is 1. The molecule has 0 saturated carbocycles. The molecule has 1 aliphatic rings. The van der Waals surface area contributed by atoms with Crippen LogP contribution in [-0.4, -0.2) is 36.3 Å². The minimum Gasteiger partial charge on any atom is -0.495 e. The van der Waals surface area contributed by atoms with Crippen molar-refractivity contribution in [2.45, 2.75) is 35.8 Å². The summed E-state index contributed by atoms with van der Waals surface area (Å²) in [4.78, 5) is 15.6. The highest BCUT2D eigenvalue weighted by Gasteiger charge is 2.54. The second-order valence-corrected chi connectivity index (χ2v) is 10.5. The molecule has 0 aliphatic heterocycles. The average Bonchev–Trinajstić information content (AvgIpc) is 3.09. The van der Waals surface area contributed by atoms with Crippen molar-refractivity contribution in [3.8, 4) is 5.75 Å². The number of ether oxygens (including phenoxy) is 1. The standard InChI is InChI=1S/C22H22ClNO5S/c1-22(21(25)26,30(27,28)20-6-4-3-5-19(20)29-2)13-7-9-15-16-12-14(23)8-10-17(16)24-18(15)11-13/h3-6,8,10,12-13,24H,7,9,11H2,1-2H3,(H,25,26). The number of halogens is 1. The molecule has 3 aromatic rings. The van der Waals surface area contributed by atoms with Crippen LogP contribution in [0.2, 0.25) is 5.02 Å². The lowest BCUT2D eigenvalue weighted by Gasteiger charge is -2.36. The first-order valence-electron chi connectivity index (χ1n) is 9.60. The van der Waals surface area contributed by atoms with Crippen molar-refractivity contribution in [1.82, 2.24) is 4.98 Å². The Morgan fingerprint density at radius 2 is 2.00 bits per heavy atom. The molecular weight excluding hydrogens is 426 g/mol. The minimum absolute atomic E-state index is 0.105. The van der Waals surface area contributed by atoms with E-state index in [4.69, 9.17) is 16.3 Å². The van der Waals surface area contributed by atoms with E-state index in [1.54, 1.807) is 18.2 Å². The lowest BCUT2D eigenvalue weighted by atomic mass is 9.79. The third-order valence-corrected chi connectivity index (χ3v) is 9.05. The fraction of sp³-hybridized carbons (Fsp3) is 0.318. The van der Waals surface area contributed by atoms with Crippen LogP contribution in [0.4, 0.5) is 0 Å². The molecule has 0 amide bonds. The van der Waals surface area contributed by atoms with Gasteiger partial charge in [0.25, 0.3) is 0 Å². The van der Waals surface area contributed by atoms with Gasteiger partial charge in [0, 0.05) is 21.6 Å². The zero-order chi connectivity index (χ0) is 21.7. The number of carboxylic acid groups (broad SMARTS) is 1. The van der Waals surface area contributed by atoms with Gasteiger partial charge < -0.3 is 14.8 Å². The molecule has 1 heterocycles. The van der Waals surface area contributed by atoms with E-state index >= 15 is 0 Å². The van der Waals surface area contributed by atoms with Gasteiger partial charge in [-0.25, -0.2) is 8.42 Å². The van der Waals surface area contributed by atoms with Gasteiger partial charge in [-0.3, -0.25) is 4.79 Å². The van der Waals surface area contributed by atoms with E-state index in [0.29, 0.717) is 24.3 Å². The summed E-state index contributed by atoms with van der Waals surface area (Å²) in [5.41, 5.74) is 2.85. The smallest absolute Gasteiger partial charge is 0.325 e. The van der Waals surface area contributed by atoms with Crippen LogP contribution in [0.5, 0.6) is 5.75 Å². The third-order valence-electron chi connectivity index (χ3n) is 6.27. The van der Waals surface area contributed by atoms with Crippen LogP contribution < -0.4 is 4.74 Å². The summed E-state index contributed by atoms with van der Waals surface area (Å²) in [7, 11) is -2.87. The number of benzene rings is 2. The first kappa shape index (κ1) is 20.8. The van der Waals surface area contributed by atoms with Crippen LogP contribution in [0.25, 0.3) is 10.9 Å². The number of para-hydroxylation sites is 1. The second-order valence-electron chi connectivity index (χ2n) is 7.78. The highest BCUT2D eigenvalue weighted by molar-refractivity contribution is 7.93. The lowest BCUT2D eigenvalue weighted by Crippen LogP contribution is -2.51. The number of aryl methyl sites for hydroxylation is 1. The third kappa shape index (κ3) is 2.99. The minimum atomic E-state index is -4.24. The summed E-state index contributed by atoms with van der Waals surface area (Å²) in [6, 6.07) is 11.7. The Morgan fingerprint density at radius 1 is 1.27 bits per heavy atom. The fourth-order valence-electron chi connectivity index (χ4n) is 4.45. The number of nitrogens with one attached hydrogen (secondary N) is 1. The Labute approximate surface area is 179 Å². The highest BCUT2D eigenvalue weighted by atomic mass is 35.5. The maximum absolute atomic E-state index is 13.6. The summed E-state index contributed by atoms with van der Waals surface area (Å²) in [6.07, 6.45) is 1.33. The molecule has 0 spiro atoms. The molecule has 4 rings (SSSR count). The predicted molar refractivity (Wildman–Crippen MR) is 115 cm³/mol. The number of carbonyl (C=O) groups is 1. The van der Waals surface area contributed by atoms with E-state index in [0.717, 1.165) is 22.2 Å². The van der Waals surface area contributed by atoms with Gasteiger partial charge in [0.15, 0.2) is 14.6 Å². The van der Waals surface area contributed by atoms with E-state index in [-0.39, 0.29) is 10.6 Å². The summed E-state index contributed by atoms with van der Waals surface area (Å²) in [6.45, 7) is 1.31. The first-order valence-corrected chi connectivity index (χ1v) is 11.5. The van der Waals surface area contributed by atoms with E-state index in [1.807, 2.05) is 12.1 Å². The van der Waals surface area contributed by atoms with Gasteiger partial charge in [-0.2, -0.15) is 0 Å². The number of methoxy groups -OCH3 is 1. The van der Waals surface area contributed by atoms with E-state index in [9.17, 15) is 18.3 Å². The fourth-order valence-corrected chi connectivity index (χ4v) is 6.62. The monoisotopic (exact) mass is 447 g/mol. The number of sulfone groups is 1. The molecule has 0 fully saturated rings. The van der Waals surface area contributed by atoms with Crippen molar-refractivity contribution in [2.24, 2.45) is 5.92 Å². The van der Waals surface area contributed by atoms with Gasteiger partial charge in [0.1, 0.15) is 10.6 Å². The Bertz CT molecular complexity index is 1250. The van der Waals surface area contributed by atoms with Crippen molar-refractivity contribution >= 4 is 38.3 Å². The second kappa shape index (κ2) is 7.32. The van der Waals surface area contributed by atoms with Crippen LogP contribution in [0.15, 0.2) is 47.4 Å². The van der Waals surface area contributed by atoms with E-state index in [1.165, 1.54) is 26.2 Å². The number of aliphatic carboxylic acids is 1. The summed E-state index contributed by atoms with van der Waals surface area (Å²) in [5, 5.41) is 11.7. The number of hydrogen-bond donors (Lipinski definition) is 2. The molecule has 0 bridgehead atoms. The van der Waals surface area contributed by atoms with Crippen LogP contribution in [0.1, 0.15) is 24.6 Å². The van der Waals surface area contributed by atoms with Crippen molar-refractivity contribution in [3.05, 3.63) is 58.7 Å². The van der Waals surface area contributed by atoms with Gasteiger partial charge in [-0.15, -0.1) is 0 Å². The zero-order valence-corrected chi connectivity index (χ0v) is 18.2. The number of aromatic nitrogens is 1. The molecule has 30 heavy (non-hydrogen) atoms. The molecule has 1 aromatic heterocycles. The van der Waals surface area contributed by atoms with Gasteiger partial charge in [0.05, 0.1) is 7.11 Å². The number of hydrogen-bond acceptors (Lipinski definition) is 4. The topological polar surface area (TPSA) is 96.5 Å². The van der Waals surface area contributed by atoms with Gasteiger partial charge in [-0.1, -0.05) is 23.7 Å². The van der Waals surface area contributed by atoms with Crippen LogP contribution >= 0.6 is 11.6 Å². The van der Waals surface area contributed by atoms with Crippen molar-refractivity contribution in [3.63, 3.8) is 0 Å². The zero-order valence-electron chi connectivity index (χ0n) is 16.6. The number of rotatable bonds is 5. The maximum Gasteiger partial charge on any atom is 0.325 e. The normalized spacial score (nSPS) is 18.6. The number of fused-ring (bicyclic) bond motifs is 3. The first-order chi connectivity index (χ1) is 14.2. The van der Waals surface area contributed by atoms with Crippen LogP contribution in [0.3, 0.4) is 0 Å². The average molecular weight is 448 g/mol. The van der Waals surface area contributed by atoms with Gasteiger partial charge in [-0.05, 0) is 68.0 Å². The predicted octanol–water partition coefficient (Wildman–Crippen LogP) is 4.25. The van der Waals surface area contributed by atoms with Crippen LogP contribution in [-0.2, 0) is 27.5 Å². The van der Waals surface area contributed by atoms with Gasteiger partial charge in [0.2, 0.25) is 0 Å². The highest BCUT2D eigenvalue weighted by Crippen LogP contribution is 2.43. The van der Waals surface area contributed by atoms with Gasteiger partial charge >= 0.3 is 5.97 Å². The molecule has 0 radical (unpaired) electrons. The lowest BCUT2D eigenvalue weighted by molar-refractivity contribution is -0.141. The molecule has 2 atom stereocenters. The molecule has 0 saturated heterocycles. The number of H-pyrrole nitrogens is 1. The summed E-state index contributed by atoms with van der Waals surface area (Å²) >= 11 is 6.13. The number of carboxylic acids is 1. The molecule has 158 valence electrons. The van der Waals surface area contributed by atoms with Crippen molar-refractivity contribution in [2.75, 3.05) is 7.11 Å². The Morgan fingerprint density at radius 3 is 2.70 bits per heavy atom. The molecule has 1 aliphatic carbocycles. The maximum atomic E-state index is 13.6. The summed E-state index contributed by atoms with van der Waals surface area (Å²) in [5.74, 6) is -1.83. The van der Waals surface area contributed by atoms with E-state index < -0.39 is 26.5 Å². The van der Waals surface area contributed by atoms with E-state index in [2.05, 4.69) is 4.98 Å². The van der Waals surface area contributed by atoms with Crippen molar-refractivity contribution < 1.29 is 23.1 Å². The molecule has 8 heteroatoms. The Kier molecular flexibility index (Phi) is 5.06. The van der Waals surface area contributed by atoms with Crippen molar-refractivity contribution in [1.29, 1.82) is 0 Å².